The summed E-state index contributed by atoms with van der Waals surface area (Å²) in [7, 11) is 0. The number of aromatic hydroxyl groups is 2. The summed E-state index contributed by atoms with van der Waals surface area (Å²) in [6, 6.07) is 13.3. The van der Waals surface area contributed by atoms with Gasteiger partial charge < -0.3 is 19.7 Å². The van der Waals surface area contributed by atoms with E-state index in [0.29, 0.717) is 12.4 Å². The van der Waals surface area contributed by atoms with Gasteiger partial charge in [0.1, 0.15) is 17.2 Å². The zero-order chi connectivity index (χ0) is 13.7. The van der Waals surface area contributed by atoms with E-state index >= 15 is 0 Å². The first-order chi connectivity index (χ1) is 9.13. The normalized spacial score (nSPS) is 12.1. The third-order valence-electron chi connectivity index (χ3n) is 2.56. The van der Waals surface area contributed by atoms with Gasteiger partial charge in [-0.15, -0.1) is 0 Å². The largest absolute Gasteiger partial charge is 0.508 e. The highest BCUT2D eigenvalue weighted by atomic mass is 16.7. The molecule has 100 valence electrons. The van der Waals surface area contributed by atoms with Gasteiger partial charge in [-0.2, -0.15) is 0 Å². The number of rotatable bonds is 5. The molecule has 19 heavy (non-hydrogen) atoms. The molecule has 4 nitrogen and oxygen atoms in total. The molecule has 0 amide bonds. The Morgan fingerprint density at radius 1 is 0.895 bits per heavy atom. The highest BCUT2D eigenvalue weighted by Crippen LogP contribution is 2.18. The molecule has 0 aliphatic heterocycles. The van der Waals surface area contributed by atoms with Gasteiger partial charge in [0.15, 0.2) is 6.29 Å². The number of hydrogen-bond acceptors (Lipinski definition) is 4. The second kappa shape index (κ2) is 6.11. The van der Waals surface area contributed by atoms with Crippen LogP contribution < -0.4 is 4.74 Å². The van der Waals surface area contributed by atoms with Crippen LogP contribution in [0.5, 0.6) is 17.2 Å². The van der Waals surface area contributed by atoms with Gasteiger partial charge in [-0.3, -0.25) is 0 Å². The first-order valence-corrected chi connectivity index (χ1v) is 5.99. The van der Waals surface area contributed by atoms with Gasteiger partial charge in [0.05, 0.1) is 6.61 Å². The lowest BCUT2D eigenvalue weighted by Gasteiger charge is -2.15. The third-order valence-corrected chi connectivity index (χ3v) is 2.56. The van der Waals surface area contributed by atoms with Crippen LogP contribution in [0, 0.1) is 0 Å². The van der Waals surface area contributed by atoms with Crippen molar-refractivity contribution in [2.75, 3.05) is 0 Å². The molecular weight excluding hydrogens is 244 g/mol. The van der Waals surface area contributed by atoms with Crippen LogP contribution in [-0.4, -0.2) is 16.5 Å². The van der Waals surface area contributed by atoms with Crippen molar-refractivity contribution >= 4 is 0 Å². The monoisotopic (exact) mass is 260 g/mol. The smallest absolute Gasteiger partial charge is 0.197 e. The molecule has 0 radical (unpaired) electrons. The number of phenolic OH excluding ortho intramolecular Hbond substituents is 2. The Labute approximate surface area is 111 Å². The lowest BCUT2D eigenvalue weighted by molar-refractivity contribution is -0.0759. The molecule has 1 atom stereocenters. The minimum atomic E-state index is -0.404. The molecule has 0 saturated heterocycles. The maximum Gasteiger partial charge on any atom is 0.197 e. The Bertz CT molecular complexity index is 505. The second-order valence-corrected chi connectivity index (χ2v) is 4.16. The predicted molar refractivity (Wildman–Crippen MR) is 71.1 cm³/mol. The van der Waals surface area contributed by atoms with E-state index in [1.165, 1.54) is 0 Å². The Morgan fingerprint density at radius 3 is 2.00 bits per heavy atom. The molecule has 0 fully saturated rings. The molecular formula is C15H16O4. The van der Waals surface area contributed by atoms with E-state index in [1.807, 2.05) is 0 Å². The summed E-state index contributed by atoms with van der Waals surface area (Å²) in [5, 5.41) is 18.3. The van der Waals surface area contributed by atoms with E-state index in [2.05, 4.69) is 0 Å². The average Bonchev–Trinajstić information content (AvgIpc) is 2.41. The zero-order valence-electron chi connectivity index (χ0n) is 10.6. The zero-order valence-corrected chi connectivity index (χ0v) is 10.6. The van der Waals surface area contributed by atoms with Crippen molar-refractivity contribution in [3.8, 4) is 17.2 Å². The summed E-state index contributed by atoms with van der Waals surface area (Å²) in [5.41, 5.74) is 0.957. The highest BCUT2D eigenvalue weighted by molar-refractivity contribution is 5.30. The standard InChI is InChI=1S/C15H16O4/c1-11(19-15-8-6-14(17)7-9-15)18-10-12-2-4-13(16)5-3-12/h2-9,11,16-17H,10H2,1H3. The molecule has 0 saturated carbocycles. The molecule has 0 aliphatic rings. The molecule has 0 spiro atoms. The topological polar surface area (TPSA) is 58.9 Å². The molecule has 2 rings (SSSR count). The maximum absolute atomic E-state index is 9.17. The van der Waals surface area contributed by atoms with Gasteiger partial charge in [0.25, 0.3) is 0 Å². The summed E-state index contributed by atoms with van der Waals surface area (Å²) >= 11 is 0. The minimum absolute atomic E-state index is 0.199. The van der Waals surface area contributed by atoms with Crippen LogP contribution in [0.15, 0.2) is 48.5 Å². The number of benzene rings is 2. The number of hydrogen-bond donors (Lipinski definition) is 2. The first kappa shape index (κ1) is 13.2. The fraction of sp³-hybridized carbons (Fsp3) is 0.200. The molecule has 2 N–H and O–H groups in total. The fourth-order valence-electron chi connectivity index (χ4n) is 1.56. The van der Waals surface area contributed by atoms with Crippen molar-refractivity contribution in [1.29, 1.82) is 0 Å². The number of ether oxygens (including phenoxy) is 2. The van der Waals surface area contributed by atoms with Gasteiger partial charge in [0.2, 0.25) is 0 Å². The van der Waals surface area contributed by atoms with E-state index in [4.69, 9.17) is 19.7 Å². The van der Waals surface area contributed by atoms with Crippen LogP contribution in [0.4, 0.5) is 0 Å². The van der Waals surface area contributed by atoms with Crippen LogP contribution in [0.2, 0.25) is 0 Å². The number of phenols is 2. The van der Waals surface area contributed by atoms with E-state index in [9.17, 15) is 0 Å². The Kier molecular flexibility index (Phi) is 4.26. The molecule has 2 aromatic rings. The summed E-state index contributed by atoms with van der Waals surface area (Å²) in [5.74, 6) is 1.07. The fourth-order valence-corrected chi connectivity index (χ4v) is 1.56. The van der Waals surface area contributed by atoms with Crippen LogP contribution in [0.1, 0.15) is 12.5 Å². The van der Waals surface area contributed by atoms with Crippen molar-refractivity contribution < 1.29 is 19.7 Å². The van der Waals surface area contributed by atoms with Gasteiger partial charge in [-0.1, -0.05) is 12.1 Å². The summed E-state index contributed by atoms with van der Waals surface area (Å²) in [4.78, 5) is 0. The Hall–Kier alpha value is -2.20. The molecule has 0 aliphatic carbocycles. The summed E-state index contributed by atoms with van der Waals surface area (Å²) in [6.45, 7) is 2.20. The van der Waals surface area contributed by atoms with Crippen LogP contribution in [-0.2, 0) is 11.3 Å². The molecule has 0 bridgehead atoms. The Balaban J connectivity index is 1.82. The summed E-state index contributed by atoms with van der Waals surface area (Å²) < 4.78 is 11.1. The molecule has 2 aromatic carbocycles. The van der Waals surface area contributed by atoms with Crippen molar-refractivity contribution in [3.63, 3.8) is 0 Å². The SMILES string of the molecule is CC(OCc1ccc(O)cc1)Oc1ccc(O)cc1. The van der Waals surface area contributed by atoms with E-state index in [-0.39, 0.29) is 11.5 Å². The molecule has 0 heterocycles. The van der Waals surface area contributed by atoms with Gasteiger partial charge >= 0.3 is 0 Å². The predicted octanol–water partition coefficient (Wildman–Crippen LogP) is 3.04. The third kappa shape index (κ3) is 4.19. The van der Waals surface area contributed by atoms with Crippen LogP contribution in [0.25, 0.3) is 0 Å². The van der Waals surface area contributed by atoms with Crippen LogP contribution >= 0.6 is 0 Å². The Morgan fingerprint density at radius 2 is 1.42 bits per heavy atom. The average molecular weight is 260 g/mol. The van der Waals surface area contributed by atoms with Crippen molar-refractivity contribution in [2.45, 2.75) is 19.8 Å². The van der Waals surface area contributed by atoms with Gasteiger partial charge in [-0.25, -0.2) is 0 Å². The van der Waals surface area contributed by atoms with Gasteiger partial charge in [0, 0.05) is 0 Å². The summed E-state index contributed by atoms with van der Waals surface area (Å²) in [6.07, 6.45) is -0.404. The highest BCUT2D eigenvalue weighted by Gasteiger charge is 2.04. The molecule has 4 heteroatoms. The van der Waals surface area contributed by atoms with Crippen molar-refractivity contribution in [1.82, 2.24) is 0 Å². The minimum Gasteiger partial charge on any atom is -0.508 e. The van der Waals surface area contributed by atoms with Gasteiger partial charge in [-0.05, 0) is 48.9 Å². The second-order valence-electron chi connectivity index (χ2n) is 4.16. The molecule has 1 unspecified atom stereocenters. The first-order valence-electron chi connectivity index (χ1n) is 5.99. The van der Waals surface area contributed by atoms with E-state index in [1.54, 1.807) is 55.5 Å². The van der Waals surface area contributed by atoms with Crippen LogP contribution in [0.3, 0.4) is 0 Å². The lowest BCUT2D eigenvalue weighted by atomic mass is 10.2. The maximum atomic E-state index is 9.17. The lowest BCUT2D eigenvalue weighted by Crippen LogP contribution is -2.15. The van der Waals surface area contributed by atoms with E-state index in [0.717, 1.165) is 5.56 Å². The van der Waals surface area contributed by atoms with Crippen molar-refractivity contribution in [2.24, 2.45) is 0 Å². The quantitative estimate of drug-likeness (QED) is 0.811. The molecule has 0 aromatic heterocycles. The van der Waals surface area contributed by atoms with E-state index < -0.39 is 6.29 Å². The van der Waals surface area contributed by atoms with Crippen molar-refractivity contribution in [3.05, 3.63) is 54.1 Å².